The molecule has 1 saturated carbocycles. The summed E-state index contributed by atoms with van der Waals surface area (Å²) in [6.07, 6.45) is 9.10. The molecule has 142 valence electrons. The van der Waals surface area contributed by atoms with Gasteiger partial charge in [0.15, 0.2) is 5.69 Å². The average molecular weight is 373 g/mol. The van der Waals surface area contributed by atoms with Gasteiger partial charge in [0.25, 0.3) is 0 Å². The maximum atomic E-state index is 8.79. The molecule has 1 aliphatic carbocycles. The molecular weight excluding hydrogens is 350 g/mol. The van der Waals surface area contributed by atoms with Gasteiger partial charge in [-0.3, -0.25) is 4.90 Å². The Balaban J connectivity index is 1.49. The molecule has 0 atom stereocenters. The van der Waals surface area contributed by atoms with Crippen molar-refractivity contribution in [1.82, 2.24) is 24.4 Å². The molecule has 2 heterocycles. The monoisotopic (exact) mass is 373 g/mol. The summed E-state index contributed by atoms with van der Waals surface area (Å²) in [5.41, 5.74) is 2.98. The second-order valence-electron chi connectivity index (χ2n) is 6.94. The average Bonchev–Trinajstić information content (AvgIpc) is 3.41. The van der Waals surface area contributed by atoms with Gasteiger partial charge in [-0.1, -0.05) is 26.0 Å². The van der Waals surface area contributed by atoms with Gasteiger partial charge in [-0.2, -0.15) is 5.26 Å². The van der Waals surface area contributed by atoms with Gasteiger partial charge in [-0.05, 0) is 43.6 Å². The van der Waals surface area contributed by atoms with E-state index < -0.39 is 0 Å². The van der Waals surface area contributed by atoms with Crippen LogP contribution in [0.1, 0.15) is 37.9 Å². The smallest absolute Gasteiger partial charge is 0.158 e. The Morgan fingerprint density at radius 1 is 1.07 bits per heavy atom. The summed E-state index contributed by atoms with van der Waals surface area (Å²) in [6, 6.07) is 10.7. The van der Waals surface area contributed by atoms with Gasteiger partial charge in [-0.15, -0.1) is 0 Å². The summed E-state index contributed by atoms with van der Waals surface area (Å²) in [5, 5.41) is 11.9. The summed E-state index contributed by atoms with van der Waals surface area (Å²) >= 11 is 0. The van der Waals surface area contributed by atoms with Gasteiger partial charge < -0.3 is 9.88 Å². The molecule has 2 aromatic heterocycles. The van der Waals surface area contributed by atoms with E-state index in [0.717, 1.165) is 18.8 Å². The molecule has 7 heteroatoms. The minimum atomic E-state index is 0.234. The van der Waals surface area contributed by atoms with E-state index in [1.54, 1.807) is 6.33 Å². The molecule has 0 radical (unpaired) electrons. The number of nitrogens with one attached hydrogen (secondary N) is 1. The van der Waals surface area contributed by atoms with Crippen LogP contribution in [0.4, 0.5) is 11.6 Å². The van der Waals surface area contributed by atoms with Gasteiger partial charge in [0.2, 0.25) is 0 Å². The van der Waals surface area contributed by atoms with Crippen LogP contribution in [0, 0.1) is 11.3 Å². The predicted octanol–water partition coefficient (Wildman–Crippen LogP) is 3.61. The topological polar surface area (TPSA) is 82.7 Å². The van der Waals surface area contributed by atoms with E-state index in [9.17, 15) is 0 Å². The summed E-state index contributed by atoms with van der Waals surface area (Å²) in [6.45, 7) is 6.62. The zero-order valence-electron chi connectivity index (χ0n) is 16.1. The molecule has 1 aliphatic rings. The Hall–Kier alpha value is -3.24. The van der Waals surface area contributed by atoms with Crippen LogP contribution < -0.4 is 5.32 Å². The predicted molar refractivity (Wildman–Crippen MR) is 107 cm³/mol. The van der Waals surface area contributed by atoms with Crippen LogP contribution in [0.15, 0.2) is 49.2 Å². The highest BCUT2D eigenvalue weighted by Gasteiger charge is 2.47. The third-order valence-corrected chi connectivity index (χ3v) is 5.40. The van der Waals surface area contributed by atoms with E-state index >= 15 is 0 Å². The van der Waals surface area contributed by atoms with Crippen LogP contribution in [0.5, 0.6) is 0 Å². The first kappa shape index (κ1) is 18.1. The Labute approximate surface area is 164 Å². The first-order valence-corrected chi connectivity index (χ1v) is 9.57. The van der Waals surface area contributed by atoms with Gasteiger partial charge in [0, 0.05) is 11.2 Å². The molecule has 0 bridgehead atoms. The maximum Gasteiger partial charge on any atom is 0.158 e. The zero-order chi connectivity index (χ0) is 19.6. The Kier molecular flexibility index (Phi) is 4.80. The number of hydrogen-bond acceptors (Lipinski definition) is 6. The molecule has 1 fully saturated rings. The van der Waals surface area contributed by atoms with Crippen molar-refractivity contribution in [3.05, 3.63) is 60.4 Å². The van der Waals surface area contributed by atoms with Gasteiger partial charge in [0.05, 0.1) is 18.6 Å². The largest absolute Gasteiger partial charge is 0.322 e. The van der Waals surface area contributed by atoms with E-state index in [-0.39, 0.29) is 11.2 Å². The number of aromatic nitrogens is 4. The number of anilines is 2. The normalized spacial score (nSPS) is 14.6. The minimum Gasteiger partial charge on any atom is -0.322 e. The molecule has 0 unspecified atom stereocenters. The van der Waals surface area contributed by atoms with Crippen molar-refractivity contribution in [3.8, 4) is 11.8 Å². The first-order valence-electron chi connectivity index (χ1n) is 9.57. The molecule has 0 saturated heterocycles. The summed E-state index contributed by atoms with van der Waals surface area (Å²) in [7, 11) is 0. The summed E-state index contributed by atoms with van der Waals surface area (Å²) in [4.78, 5) is 15.1. The molecule has 0 aliphatic heterocycles. The Morgan fingerprint density at radius 3 is 2.39 bits per heavy atom. The second kappa shape index (κ2) is 7.41. The maximum absolute atomic E-state index is 8.79. The number of imidazole rings is 1. The molecule has 7 nitrogen and oxygen atoms in total. The van der Waals surface area contributed by atoms with Crippen LogP contribution in [0.25, 0.3) is 5.69 Å². The zero-order valence-corrected chi connectivity index (χ0v) is 16.1. The summed E-state index contributed by atoms with van der Waals surface area (Å²) < 4.78 is 1.97. The van der Waals surface area contributed by atoms with Crippen molar-refractivity contribution in [2.45, 2.75) is 32.2 Å². The van der Waals surface area contributed by atoms with Crippen molar-refractivity contribution in [2.75, 3.05) is 18.4 Å². The lowest BCUT2D eigenvalue weighted by atomic mass is 10.0. The standard InChI is InChI=1S/C21H23N7/c1-3-28(4-2)21(9-10-21)16-5-7-18(8-6-16)27-14-20(25-15-27)26-19-13-23-17(11-22)12-24-19/h5-8,12-15H,3-4,9-10H2,1-2H3,(H,24,26). The molecule has 28 heavy (non-hydrogen) atoms. The van der Waals surface area contributed by atoms with Gasteiger partial charge in [-0.25, -0.2) is 15.0 Å². The lowest BCUT2D eigenvalue weighted by molar-refractivity contribution is 0.197. The lowest BCUT2D eigenvalue weighted by Gasteiger charge is -2.30. The van der Waals surface area contributed by atoms with Gasteiger partial charge >= 0.3 is 0 Å². The SMILES string of the molecule is CCN(CC)C1(c2ccc(-n3cnc(Nc4cnc(C#N)cn4)c3)cc2)CC1. The number of benzene rings is 1. The van der Waals surface area contributed by atoms with Crippen LogP contribution >= 0.6 is 0 Å². The van der Waals surface area contributed by atoms with E-state index in [2.05, 4.69) is 63.3 Å². The highest BCUT2D eigenvalue weighted by atomic mass is 15.2. The van der Waals surface area contributed by atoms with E-state index in [1.165, 1.54) is 30.8 Å². The quantitative estimate of drug-likeness (QED) is 0.681. The fourth-order valence-corrected chi connectivity index (χ4v) is 3.79. The lowest BCUT2D eigenvalue weighted by Crippen LogP contribution is -2.34. The van der Waals surface area contributed by atoms with Crippen molar-refractivity contribution >= 4 is 11.6 Å². The van der Waals surface area contributed by atoms with Crippen LogP contribution in [0.3, 0.4) is 0 Å². The number of nitrogens with zero attached hydrogens (tertiary/aromatic N) is 6. The van der Waals surface area contributed by atoms with Crippen LogP contribution in [-0.2, 0) is 5.54 Å². The molecular formula is C21H23N7. The molecule has 1 aromatic carbocycles. The number of nitriles is 1. The summed E-state index contributed by atoms with van der Waals surface area (Å²) in [5.74, 6) is 1.22. The molecule has 0 spiro atoms. The van der Waals surface area contributed by atoms with Crippen LogP contribution in [-0.4, -0.2) is 37.5 Å². The molecule has 0 amide bonds. The molecule has 3 aromatic rings. The highest BCUT2D eigenvalue weighted by molar-refractivity contribution is 5.51. The second-order valence-corrected chi connectivity index (χ2v) is 6.94. The van der Waals surface area contributed by atoms with Crippen molar-refractivity contribution < 1.29 is 0 Å². The fourth-order valence-electron chi connectivity index (χ4n) is 3.79. The Bertz CT molecular complexity index is 975. The first-order chi connectivity index (χ1) is 13.7. The van der Waals surface area contributed by atoms with Crippen molar-refractivity contribution in [1.29, 1.82) is 5.26 Å². The Morgan fingerprint density at radius 2 is 1.82 bits per heavy atom. The van der Waals surface area contributed by atoms with E-state index in [0.29, 0.717) is 11.6 Å². The number of rotatable bonds is 7. The number of hydrogen-bond donors (Lipinski definition) is 1. The third kappa shape index (κ3) is 3.35. The fraction of sp³-hybridized carbons (Fsp3) is 0.333. The third-order valence-electron chi connectivity index (χ3n) is 5.40. The van der Waals surface area contributed by atoms with Crippen LogP contribution in [0.2, 0.25) is 0 Å². The minimum absolute atomic E-state index is 0.234. The van der Waals surface area contributed by atoms with Gasteiger partial charge in [0.1, 0.15) is 24.0 Å². The van der Waals surface area contributed by atoms with E-state index in [1.807, 2.05) is 16.8 Å². The molecule has 1 N–H and O–H groups in total. The van der Waals surface area contributed by atoms with Crippen molar-refractivity contribution in [2.24, 2.45) is 0 Å². The highest BCUT2D eigenvalue weighted by Crippen LogP contribution is 2.50. The molecule has 4 rings (SSSR count). The van der Waals surface area contributed by atoms with E-state index in [4.69, 9.17) is 5.26 Å². The van der Waals surface area contributed by atoms with Crippen molar-refractivity contribution in [3.63, 3.8) is 0 Å².